The third-order valence-corrected chi connectivity index (χ3v) is 6.82. The van der Waals surface area contributed by atoms with E-state index in [2.05, 4.69) is 22.0 Å². The number of sulfonamides is 1. The standard InChI is InChI=1S/C18H15BrN2O2S2/c1-25(22,23)21-9-8-14-10-13(4-7-17(14)21)16-11-24-18(20-16)12-2-5-15(19)6-3-12/h2-7,10-11H,8-9H2,1H3. The van der Waals surface area contributed by atoms with Crippen LogP contribution in [0.5, 0.6) is 0 Å². The highest BCUT2D eigenvalue weighted by molar-refractivity contribution is 9.10. The van der Waals surface area contributed by atoms with Crippen LogP contribution in [-0.2, 0) is 16.4 Å². The smallest absolute Gasteiger partial charge is 0.232 e. The van der Waals surface area contributed by atoms with Gasteiger partial charge < -0.3 is 0 Å². The van der Waals surface area contributed by atoms with Crippen LogP contribution in [0.3, 0.4) is 0 Å². The molecule has 0 amide bonds. The molecule has 0 atom stereocenters. The fourth-order valence-electron chi connectivity index (χ4n) is 3.01. The molecule has 25 heavy (non-hydrogen) atoms. The first-order valence-electron chi connectivity index (χ1n) is 7.74. The van der Waals surface area contributed by atoms with Crippen LogP contribution in [0.4, 0.5) is 5.69 Å². The molecule has 0 unspecified atom stereocenters. The van der Waals surface area contributed by atoms with Gasteiger partial charge in [0, 0.05) is 27.5 Å². The molecule has 128 valence electrons. The summed E-state index contributed by atoms with van der Waals surface area (Å²) in [6.07, 6.45) is 1.99. The van der Waals surface area contributed by atoms with E-state index in [0.29, 0.717) is 6.54 Å². The molecule has 0 bridgehead atoms. The molecule has 3 aromatic rings. The van der Waals surface area contributed by atoms with Crippen LogP contribution in [0.15, 0.2) is 52.3 Å². The van der Waals surface area contributed by atoms with Crippen LogP contribution in [-0.4, -0.2) is 26.2 Å². The molecule has 0 radical (unpaired) electrons. The maximum atomic E-state index is 11.8. The molecule has 1 aromatic heterocycles. The summed E-state index contributed by atoms with van der Waals surface area (Å²) >= 11 is 5.05. The summed E-state index contributed by atoms with van der Waals surface area (Å²) in [5.41, 5.74) is 4.87. The minimum atomic E-state index is -3.21. The largest absolute Gasteiger partial charge is 0.270 e. The van der Waals surface area contributed by atoms with Gasteiger partial charge in [0.2, 0.25) is 10.0 Å². The summed E-state index contributed by atoms with van der Waals surface area (Å²) < 4.78 is 26.2. The van der Waals surface area contributed by atoms with Gasteiger partial charge in [-0.2, -0.15) is 0 Å². The van der Waals surface area contributed by atoms with Crippen molar-refractivity contribution in [2.45, 2.75) is 6.42 Å². The summed E-state index contributed by atoms with van der Waals surface area (Å²) in [6.45, 7) is 0.513. The summed E-state index contributed by atoms with van der Waals surface area (Å²) in [5.74, 6) is 0. The highest BCUT2D eigenvalue weighted by Crippen LogP contribution is 2.35. The lowest BCUT2D eigenvalue weighted by Crippen LogP contribution is -2.27. The number of benzene rings is 2. The van der Waals surface area contributed by atoms with Crippen LogP contribution < -0.4 is 4.31 Å². The highest BCUT2D eigenvalue weighted by atomic mass is 79.9. The SMILES string of the molecule is CS(=O)(=O)N1CCc2cc(-c3csc(-c4ccc(Br)cc4)n3)ccc21. The average molecular weight is 435 g/mol. The predicted molar refractivity (Wildman–Crippen MR) is 107 cm³/mol. The Morgan fingerprint density at radius 3 is 2.56 bits per heavy atom. The third kappa shape index (κ3) is 3.23. The first-order valence-corrected chi connectivity index (χ1v) is 11.3. The van der Waals surface area contributed by atoms with Gasteiger partial charge in [-0.15, -0.1) is 11.3 Å². The number of halogens is 1. The minimum absolute atomic E-state index is 0.513. The number of nitrogens with zero attached hydrogens (tertiary/aromatic N) is 2. The van der Waals surface area contributed by atoms with Crippen molar-refractivity contribution in [2.75, 3.05) is 17.1 Å². The zero-order valence-corrected chi connectivity index (χ0v) is 16.7. The number of anilines is 1. The van der Waals surface area contributed by atoms with E-state index in [1.165, 1.54) is 10.6 Å². The Labute approximate surface area is 159 Å². The van der Waals surface area contributed by atoms with Crippen molar-refractivity contribution in [3.05, 3.63) is 57.9 Å². The minimum Gasteiger partial charge on any atom is -0.270 e. The van der Waals surface area contributed by atoms with Gasteiger partial charge in [0.1, 0.15) is 5.01 Å². The van der Waals surface area contributed by atoms with Gasteiger partial charge in [-0.25, -0.2) is 13.4 Å². The molecule has 1 aliphatic heterocycles. The molecule has 4 nitrogen and oxygen atoms in total. The van der Waals surface area contributed by atoms with Crippen LogP contribution >= 0.6 is 27.3 Å². The van der Waals surface area contributed by atoms with Gasteiger partial charge in [-0.05, 0) is 36.2 Å². The van der Waals surface area contributed by atoms with E-state index in [1.54, 1.807) is 11.3 Å². The van der Waals surface area contributed by atoms with Gasteiger partial charge in [-0.3, -0.25) is 4.31 Å². The molecule has 0 aliphatic carbocycles. The Kier molecular flexibility index (Phi) is 4.17. The lowest BCUT2D eigenvalue weighted by Gasteiger charge is -2.16. The lowest BCUT2D eigenvalue weighted by molar-refractivity contribution is 0.598. The Bertz CT molecular complexity index is 1040. The Hall–Kier alpha value is -1.70. The molecule has 1 aliphatic rings. The van der Waals surface area contributed by atoms with Gasteiger partial charge >= 0.3 is 0 Å². The molecular formula is C18H15BrN2O2S2. The average Bonchev–Trinajstić information content (AvgIpc) is 3.21. The fourth-order valence-corrected chi connectivity index (χ4v) is 5.06. The van der Waals surface area contributed by atoms with Gasteiger partial charge in [0.05, 0.1) is 17.6 Å². The molecule has 0 spiro atoms. The maximum absolute atomic E-state index is 11.8. The predicted octanol–water partition coefficient (Wildman–Crippen LogP) is 4.56. The van der Waals surface area contributed by atoms with E-state index < -0.39 is 10.0 Å². The zero-order chi connectivity index (χ0) is 17.6. The molecule has 4 rings (SSSR count). The lowest BCUT2D eigenvalue weighted by atomic mass is 10.1. The van der Waals surface area contributed by atoms with E-state index >= 15 is 0 Å². The summed E-state index contributed by atoms with van der Waals surface area (Å²) in [7, 11) is -3.21. The number of aromatic nitrogens is 1. The van der Waals surface area contributed by atoms with Crippen molar-refractivity contribution < 1.29 is 8.42 Å². The van der Waals surface area contributed by atoms with E-state index in [0.717, 1.165) is 44.0 Å². The van der Waals surface area contributed by atoms with Crippen molar-refractivity contribution >= 4 is 43.0 Å². The monoisotopic (exact) mass is 434 g/mol. The molecule has 0 fully saturated rings. The van der Waals surface area contributed by atoms with Crippen molar-refractivity contribution in [3.8, 4) is 21.8 Å². The number of hydrogen-bond acceptors (Lipinski definition) is 4. The summed E-state index contributed by atoms with van der Waals surface area (Å²) in [4.78, 5) is 4.75. The van der Waals surface area contributed by atoms with E-state index in [-0.39, 0.29) is 0 Å². The molecule has 7 heteroatoms. The molecule has 2 heterocycles. The fraction of sp³-hybridized carbons (Fsp3) is 0.167. The van der Waals surface area contributed by atoms with E-state index in [4.69, 9.17) is 4.98 Å². The van der Waals surface area contributed by atoms with Crippen molar-refractivity contribution in [2.24, 2.45) is 0 Å². The second-order valence-electron chi connectivity index (χ2n) is 5.97. The maximum Gasteiger partial charge on any atom is 0.232 e. The van der Waals surface area contributed by atoms with Crippen molar-refractivity contribution in [3.63, 3.8) is 0 Å². The first kappa shape index (κ1) is 16.8. The zero-order valence-electron chi connectivity index (χ0n) is 13.4. The number of rotatable bonds is 3. The second kappa shape index (κ2) is 6.23. The molecule has 0 saturated carbocycles. The Morgan fingerprint density at radius 1 is 1.12 bits per heavy atom. The van der Waals surface area contributed by atoms with E-state index in [1.807, 2.05) is 41.8 Å². The van der Waals surface area contributed by atoms with Crippen molar-refractivity contribution in [1.82, 2.24) is 4.98 Å². The molecular weight excluding hydrogens is 420 g/mol. The topological polar surface area (TPSA) is 50.3 Å². The van der Waals surface area contributed by atoms with Gasteiger partial charge in [-0.1, -0.05) is 34.1 Å². The van der Waals surface area contributed by atoms with Gasteiger partial charge in [0.15, 0.2) is 0 Å². The third-order valence-electron chi connectivity index (χ3n) is 4.22. The normalized spacial score (nSPS) is 13.9. The van der Waals surface area contributed by atoms with Gasteiger partial charge in [0.25, 0.3) is 0 Å². The van der Waals surface area contributed by atoms with E-state index in [9.17, 15) is 8.42 Å². The number of fused-ring (bicyclic) bond motifs is 1. The molecule has 2 aromatic carbocycles. The van der Waals surface area contributed by atoms with Crippen LogP contribution in [0.1, 0.15) is 5.56 Å². The van der Waals surface area contributed by atoms with Crippen LogP contribution in [0, 0.1) is 0 Å². The summed E-state index contributed by atoms with van der Waals surface area (Å²) in [5, 5.41) is 3.02. The molecule has 0 N–H and O–H groups in total. The number of hydrogen-bond donors (Lipinski definition) is 0. The van der Waals surface area contributed by atoms with Crippen molar-refractivity contribution in [1.29, 1.82) is 0 Å². The first-order chi connectivity index (χ1) is 11.9. The summed E-state index contributed by atoms with van der Waals surface area (Å²) in [6, 6.07) is 14.0. The van der Waals surface area contributed by atoms with Crippen LogP contribution in [0.2, 0.25) is 0 Å². The quantitative estimate of drug-likeness (QED) is 0.606. The Morgan fingerprint density at radius 2 is 1.84 bits per heavy atom. The Balaban J connectivity index is 1.67. The number of thiazole rings is 1. The second-order valence-corrected chi connectivity index (χ2v) is 9.65. The molecule has 0 saturated heterocycles. The highest BCUT2D eigenvalue weighted by Gasteiger charge is 2.26. The van der Waals surface area contributed by atoms with Crippen LogP contribution in [0.25, 0.3) is 21.8 Å².